The standard InChI is InChI=1S/C22H23NO4/c1-25-19-9-5-8-18(13-19)21(26-2)14-23-22(24)15-27-20-11-10-16-6-3-4-7-17(16)12-20/h3-13,21H,14-15H2,1-2H3,(H,23,24). The largest absolute Gasteiger partial charge is 0.497 e. The highest BCUT2D eigenvalue weighted by Crippen LogP contribution is 2.22. The van der Waals surface area contributed by atoms with Crippen LogP contribution in [0.2, 0.25) is 0 Å². The molecule has 3 aromatic carbocycles. The zero-order chi connectivity index (χ0) is 19.1. The molecule has 3 rings (SSSR count). The Kier molecular flexibility index (Phi) is 6.28. The Bertz CT molecular complexity index is 909. The minimum Gasteiger partial charge on any atom is -0.497 e. The summed E-state index contributed by atoms with van der Waals surface area (Å²) in [5.74, 6) is 1.22. The van der Waals surface area contributed by atoms with Gasteiger partial charge in [-0.2, -0.15) is 0 Å². The Morgan fingerprint density at radius 2 is 1.74 bits per heavy atom. The van der Waals surface area contributed by atoms with Gasteiger partial charge in [-0.3, -0.25) is 4.79 Å². The van der Waals surface area contributed by atoms with E-state index in [-0.39, 0.29) is 18.6 Å². The minimum absolute atomic E-state index is 0.0487. The van der Waals surface area contributed by atoms with E-state index in [0.29, 0.717) is 12.3 Å². The lowest BCUT2D eigenvalue weighted by Gasteiger charge is -2.17. The lowest BCUT2D eigenvalue weighted by molar-refractivity contribution is -0.123. The molecule has 5 nitrogen and oxygen atoms in total. The average molecular weight is 365 g/mol. The van der Waals surface area contributed by atoms with E-state index >= 15 is 0 Å². The van der Waals surface area contributed by atoms with E-state index in [1.54, 1.807) is 14.2 Å². The number of amides is 1. The van der Waals surface area contributed by atoms with E-state index in [4.69, 9.17) is 14.2 Å². The quantitative estimate of drug-likeness (QED) is 0.661. The molecule has 0 aliphatic heterocycles. The fraction of sp³-hybridized carbons (Fsp3) is 0.227. The van der Waals surface area contributed by atoms with Crippen molar-refractivity contribution in [3.8, 4) is 11.5 Å². The number of nitrogens with one attached hydrogen (secondary N) is 1. The maximum atomic E-state index is 12.1. The molecular weight excluding hydrogens is 342 g/mol. The molecule has 1 amide bonds. The summed E-state index contributed by atoms with van der Waals surface area (Å²) in [7, 11) is 3.23. The number of ether oxygens (including phenoxy) is 3. The molecule has 3 aromatic rings. The van der Waals surface area contributed by atoms with Crippen LogP contribution in [-0.4, -0.2) is 33.3 Å². The maximum absolute atomic E-state index is 12.1. The minimum atomic E-state index is -0.260. The highest BCUT2D eigenvalue weighted by Gasteiger charge is 2.13. The highest BCUT2D eigenvalue weighted by molar-refractivity contribution is 5.84. The van der Waals surface area contributed by atoms with Crippen molar-refractivity contribution in [3.05, 3.63) is 72.3 Å². The predicted octanol–water partition coefficient (Wildman–Crippen LogP) is 3.73. The van der Waals surface area contributed by atoms with Gasteiger partial charge in [0.15, 0.2) is 6.61 Å². The van der Waals surface area contributed by atoms with Gasteiger partial charge in [0.1, 0.15) is 11.5 Å². The Morgan fingerprint density at radius 3 is 2.52 bits per heavy atom. The second-order valence-corrected chi connectivity index (χ2v) is 6.10. The van der Waals surface area contributed by atoms with E-state index in [2.05, 4.69) is 5.32 Å². The van der Waals surface area contributed by atoms with Gasteiger partial charge in [-0.15, -0.1) is 0 Å². The molecule has 0 aromatic heterocycles. The number of rotatable bonds is 8. The zero-order valence-electron chi connectivity index (χ0n) is 15.5. The number of benzene rings is 3. The van der Waals surface area contributed by atoms with Crippen LogP contribution in [0.4, 0.5) is 0 Å². The van der Waals surface area contributed by atoms with Crippen LogP contribution in [0, 0.1) is 0 Å². The van der Waals surface area contributed by atoms with Crippen molar-refractivity contribution in [2.45, 2.75) is 6.10 Å². The summed E-state index contributed by atoms with van der Waals surface area (Å²) in [5, 5.41) is 5.06. The molecule has 5 heteroatoms. The molecule has 0 bridgehead atoms. The first-order valence-electron chi connectivity index (χ1n) is 8.74. The fourth-order valence-electron chi connectivity index (χ4n) is 2.84. The molecule has 0 fully saturated rings. The number of hydrogen-bond acceptors (Lipinski definition) is 4. The van der Waals surface area contributed by atoms with Gasteiger partial charge in [-0.05, 0) is 40.6 Å². The van der Waals surface area contributed by atoms with Gasteiger partial charge in [0.2, 0.25) is 0 Å². The Hall–Kier alpha value is -3.05. The van der Waals surface area contributed by atoms with Gasteiger partial charge >= 0.3 is 0 Å². The number of fused-ring (bicyclic) bond motifs is 1. The van der Waals surface area contributed by atoms with E-state index in [1.165, 1.54) is 0 Å². The van der Waals surface area contributed by atoms with Crippen LogP contribution in [-0.2, 0) is 9.53 Å². The van der Waals surface area contributed by atoms with Crippen LogP contribution in [0.1, 0.15) is 11.7 Å². The lowest BCUT2D eigenvalue weighted by atomic mass is 10.1. The van der Waals surface area contributed by atoms with Crippen LogP contribution in [0.15, 0.2) is 66.7 Å². The Balaban J connectivity index is 1.53. The molecule has 0 saturated heterocycles. The van der Waals surface area contributed by atoms with Crippen LogP contribution >= 0.6 is 0 Å². The SMILES string of the molecule is COc1cccc(C(CNC(=O)COc2ccc3ccccc3c2)OC)c1. The molecule has 0 heterocycles. The molecule has 1 unspecified atom stereocenters. The van der Waals surface area contributed by atoms with Gasteiger partial charge in [-0.1, -0.05) is 42.5 Å². The third kappa shape index (κ3) is 4.99. The smallest absolute Gasteiger partial charge is 0.258 e. The summed E-state index contributed by atoms with van der Waals surface area (Å²) >= 11 is 0. The second kappa shape index (κ2) is 9.05. The Labute approximate surface area is 158 Å². The molecule has 1 atom stereocenters. The van der Waals surface area contributed by atoms with Crippen molar-refractivity contribution in [3.63, 3.8) is 0 Å². The first kappa shape index (κ1) is 18.7. The van der Waals surface area contributed by atoms with Crippen molar-refractivity contribution in [2.75, 3.05) is 27.4 Å². The molecule has 0 radical (unpaired) electrons. The van der Waals surface area contributed by atoms with Crippen LogP contribution in [0.5, 0.6) is 11.5 Å². The van der Waals surface area contributed by atoms with E-state index < -0.39 is 0 Å². The fourth-order valence-corrected chi connectivity index (χ4v) is 2.84. The number of carbonyl (C=O) groups is 1. The van der Waals surface area contributed by atoms with Gasteiger partial charge in [-0.25, -0.2) is 0 Å². The number of methoxy groups -OCH3 is 2. The third-order valence-electron chi connectivity index (χ3n) is 4.33. The number of carbonyl (C=O) groups excluding carboxylic acids is 1. The maximum Gasteiger partial charge on any atom is 0.258 e. The van der Waals surface area contributed by atoms with Crippen LogP contribution < -0.4 is 14.8 Å². The summed E-state index contributed by atoms with van der Waals surface area (Å²) in [6, 6.07) is 21.4. The van der Waals surface area contributed by atoms with Crippen LogP contribution in [0.3, 0.4) is 0 Å². The third-order valence-corrected chi connectivity index (χ3v) is 4.33. The lowest BCUT2D eigenvalue weighted by Crippen LogP contribution is -2.33. The summed E-state index contributed by atoms with van der Waals surface area (Å²) < 4.78 is 16.3. The average Bonchev–Trinajstić information content (AvgIpc) is 2.72. The molecule has 0 aliphatic rings. The van der Waals surface area contributed by atoms with Crippen molar-refractivity contribution in [1.82, 2.24) is 5.32 Å². The topological polar surface area (TPSA) is 56.8 Å². The van der Waals surface area contributed by atoms with Gasteiger partial charge in [0, 0.05) is 13.7 Å². The molecule has 140 valence electrons. The molecule has 1 N–H and O–H groups in total. The van der Waals surface area contributed by atoms with E-state index in [9.17, 15) is 4.79 Å². The summed E-state index contributed by atoms with van der Waals surface area (Å²) in [6.45, 7) is 0.302. The van der Waals surface area contributed by atoms with Crippen LogP contribution in [0.25, 0.3) is 10.8 Å². The normalized spacial score (nSPS) is 11.8. The first-order chi connectivity index (χ1) is 13.2. The predicted molar refractivity (Wildman–Crippen MR) is 105 cm³/mol. The monoisotopic (exact) mass is 365 g/mol. The van der Waals surface area contributed by atoms with Crippen molar-refractivity contribution < 1.29 is 19.0 Å². The molecule has 0 aliphatic carbocycles. The van der Waals surface area contributed by atoms with Gasteiger partial charge < -0.3 is 19.5 Å². The van der Waals surface area contributed by atoms with Crippen molar-refractivity contribution in [1.29, 1.82) is 0 Å². The van der Waals surface area contributed by atoms with Gasteiger partial charge in [0.25, 0.3) is 5.91 Å². The number of hydrogen-bond donors (Lipinski definition) is 1. The molecule has 0 spiro atoms. The molecule has 27 heavy (non-hydrogen) atoms. The highest BCUT2D eigenvalue weighted by atomic mass is 16.5. The van der Waals surface area contributed by atoms with Crippen molar-refractivity contribution in [2.24, 2.45) is 0 Å². The van der Waals surface area contributed by atoms with Gasteiger partial charge in [0.05, 0.1) is 13.2 Å². The van der Waals surface area contributed by atoms with Crippen molar-refractivity contribution >= 4 is 16.7 Å². The summed E-state index contributed by atoms with van der Waals surface area (Å²) in [5.41, 5.74) is 0.938. The zero-order valence-corrected chi connectivity index (χ0v) is 15.5. The van der Waals surface area contributed by atoms with E-state index in [1.807, 2.05) is 66.7 Å². The molecular formula is C22H23NO4. The summed E-state index contributed by atoms with van der Waals surface area (Å²) in [4.78, 5) is 12.1. The summed E-state index contributed by atoms with van der Waals surface area (Å²) in [6.07, 6.45) is -0.260. The Morgan fingerprint density at radius 1 is 0.926 bits per heavy atom. The first-order valence-corrected chi connectivity index (χ1v) is 8.74. The van der Waals surface area contributed by atoms with E-state index in [0.717, 1.165) is 22.1 Å². The molecule has 0 saturated carbocycles. The second-order valence-electron chi connectivity index (χ2n) is 6.10.